The van der Waals surface area contributed by atoms with E-state index in [0.29, 0.717) is 0 Å². The molecule has 0 amide bonds. The Hall–Kier alpha value is -2.35. The lowest BCUT2D eigenvalue weighted by Crippen LogP contribution is -2.03. The number of nitrogens with zero attached hydrogens (tertiary/aromatic N) is 4. The highest BCUT2D eigenvalue weighted by atomic mass is 79.9. The van der Waals surface area contributed by atoms with E-state index in [-0.39, 0.29) is 0 Å². The molecular weight excluding hydrogens is 434 g/mol. The van der Waals surface area contributed by atoms with Crippen LogP contribution in [0.25, 0.3) is 11.2 Å². The molecule has 0 saturated heterocycles. The zero-order chi connectivity index (χ0) is 19.5. The van der Waals surface area contributed by atoms with Crippen LogP contribution in [0.5, 0.6) is 0 Å². The molecule has 1 N–H and O–H groups in total. The lowest BCUT2D eigenvalue weighted by Gasteiger charge is -2.12. The van der Waals surface area contributed by atoms with Gasteiger partial charge in [-0.2, -0.15) is 9.61 Å². The highest BCUT2D eigenvalue weighted by Crippen LogP contribution is 2.28. The van der Waals surface area contributed by atoms with Crippen molar-refractivity contribution in [2.75, 3.05) is 19.4 Å². The summed E-state index contributed by atoms with van der Waals surface area (Å²) in [6, 6.07) is 10.4. The quantitative estimate of drug-likeness (QED) is 0.501. The Morgan fingerprint density at radius 3 is 2.79 bits per heavy atom. The monoisotopic (exact) mass is 453 g/mol. The van der Waals surface area contributed by atoms with Gasteiger partial charge in [-0.05, 0) is 72.7 Å². The predicted octanol–water partition coefficient (Wildman–Crippen LogP) is 5.70. The SMILES string of the molecule is CN(C)Sc1ccc(Nc2cc(C3=CC=CCC=C3)nc3c(Br)cnn23)cc1. The summed E-state index contributed by atoms with van der Waals surface area (Å²) in [5, 5.41) is 7.94. The summed E-state index contributed by atoms with van der Waals surface area (Å²) >= 11 is 5.25. The Labute approximate surface area is 177 Å². The van der Waals surface area contributed by atoms with E-state index in [0.717, 1.165) is 39.3 Å². The second kappa shape index (κ2) is 8.34. The van der Waals surface area contributed by atoms with E-state index < -0.39 is 0 Å². The van der Waals surface area contributed by atoms with Crippen molar-refractivity contribution >= 4 is 50.6 Å². The smallest absolute Gasteiger partial charge is 0.172 e. The predicted molar refractivity (Wildman–Crippen MR) is 121 cm³/mol. The van der Waals surface area contributed by atoms with Crippen LogP contribution in [0.4, 0.5) is 11.5 Å². The van der Waals surface area contributed by atoms with Crippen LogP contribution in [-0.2, 0) is 0 Å². The highest BCUT2D eigenvalue weighted by molar-refractivity contribution is 9.10. The van der Waals surface area contributed by atoms with Crippen molar-refractivity contribution < 1.29 is 0 Å². The molecular formula is C21H20BrN5S. The average molecular weight is 454 g/mol. The van der Waals surface area contributed by atoms with Crippen molar-refractivity contribution in [2.45, 2.75) is 11.3 Å². The number of halogens is 1. The fourth-order valence-electron chi connectivity index (χ4n) is 2.88. The van der Waals surface area contributed by atoms with Gasteiger partial charge in [-0.25, -0.2) is 4.98 Å². The molecule has 2 aromatic heterocycles. The summed E-state index contributed by atoms with van der Waals surface area (Å²) in [5.41, 5.74) is 3.75. The molecule has 0 spiro atoms. The van der Waals surface area contributed by atoms with E-state index in [1.807, 2.05) is 24.7 Å². The Kier molecular flexibility index (Phi) is 5.66. The molecule has 5 nitrogen and oxygen atoms in total. The first-order valence-corrected chi connectivity index (χ1v) is 10.5. The largest absolute Gasteiger partial charge is 0.340 e. The minimum atomic E-state index is 0.780. The van der Waals surface area contributed by atoms with Crippen molar-refractivity contribution in [3.05, 3.63) is 77.1 Å². The molecule has 142 valence electrons. The second-order valence-corrected chi connectivity index (χ2v) is 8.73. The Bertz CT molecular complexity index is 1080. The van der Waals surface area contributed by atoms with Crippen molar-refractivity contribution in [1.29, 1.82) is 0 Å². The van der Waals surface area contributed by atoms with Gasteiger partial charge in [0.05, 0.1) is 16.4 Å². The number of benzene rings is 1. The minimum absolute atomic E-state index is 0.780. The number of hydrogen-bond donors (Lipinski definition) is 1. The van der Waals surface area contributed by atoms with Crippen LogP contribution in [0.15, 0.2) is 76.3 Å². The van der Waals surface area contributed by atoms with Gasteiger partial charge < -0.3 is 5.32 Å². The number of nitrogens with one attached hydrogen (secondary N) is 1. The molecule has 2 heterocycles. The van der Waals surface area contributed by atoms with Crippen LogP contribution in [0.1, 0.15) is 12.1 Å². The summed E-state index contributed by atoms with van der Waals surface area (Å²) < 4.78 is 4.75. The van der Waals surface area contributed by atoms with Gasteiger partial charge in [-0.1, -0.05) is 30.4 Å². The first kappa shape index (κ1) is 19.0. The lowest BCUT2D eigenvalue weighted by molar-refractivity contribution is 0.702. The van der Waals surface area contributed by atoms with Gasteiger partial charge in [-0.15, -0.1) is 0 Å². The number of allylic oxidation sites excluding steroid dienone is 6. The van der Waals surface area contributed by atoms with E-state index in [1.165, 1.54) is 4.90 Å². The number of hydrogen-bond acceptors (Lipinski definition) is 5. The van der Waals surface area contributed by atoms with E-state index in [4.69, 9.17) is 4.98 Å². The van der Waals surface area contributed by atoms with Gasteiger partial charge in [0.2, 0.25) is 0 Å². The highest BCUT2D eigenvalue weighted by Gasteiger charge is 2.12. The normalized spacial score (nSPS) is 13.8. The molecule has 4 rings (SSSR count). The maximum absolute atomic E-state index is 4.80. The van der Waals surface area contributed by atoms with Crippen LogP contribution in [0.2, 0.25) is 0 Å². The molecule has 0 fully saturated rings. The van der Waals surface area contributed by atoms with Crippen LogP contribution in [-0.4, -0.2) is 33.0 Å². The number of anilines is 2. The average Bonchev–Trinajstić information content (AvgIpc) is 2.89. The second-order valence-electron chi connectivity index (χ2n) is 6.50. The van der Waals surface area contributed by atoms with Gasteiger partial charge in [-0.3, -0.25) is 4.31 Å². The third kappa shape index (κ3) is 4.22. The fraction of sp³-hybridized carbons (Fsp3) is 0.143. The molecule has 28 heavy (non-hydrogen) atoms. The van der Waals surface area contributed by atoms with E-state index in [9.17, 15) is 0 Å². The maximum Gasteiger partial charge on any atom is 0.172 e. The molecule has 1 aliphatic carbocycles. The maximum atomic E-state index is 4.80. The third-order valence-electron chi connectivity index (χ3n) is 4.12. The summed E-state index contributed by atoms with van der Waals surface area (Å²) in [5.74, 6) is 0.862. The van der Waals surface area contributed by atoms with E-state index >= 15 is 0 Å². The van der Waals surface area contributed by atoms with Crippen LogP contribution < -0.4 is 5.32 Å². The molecule has 1 aliphatic rings. The van der Waals surface area contributed by atoms with Crippen LogP contribution in [0.3, 0.4) is 0 Å². The first-order chi connectivity index (χ1) is 13.6. The molecule has 1 aromatic carbocycles. The molecule has 0 atom stereocenters. The van der Waals surface area contributed by atoms with Gasteiger partial charge in [0.15, 0.2) is 5.65 Å². The molecule has 7 heteroatoms. The fourth-order valence-corrected chi connectivity index (χ4v) is 3.91. The Morgan fingerprint density at radius 1 is 1.18 bits per heavy atom. The van der Waals surface area contributed by atoms with Gasteiger partial charge >= 0.3 is 0 Å². The molecule has 0 saturated carbocycles. The summed E-state index contributed by atoms with van der Waals surface area (Å²) in [4.78, 5) is 5.99. The topological polar surface area (TPSA) is 45.5 Å². The number of aromatic nitrogens is 3. The van der Waals surface area contributed by atoms with Gasteiger partial charge in [0, 0.05) is 22.2 Å². The molecule has 0 aliphatic heterocycles. The van der Waals surface area contributed by atoms with Gasteiger partial charge in [0.25, 0.3) is 0 Å². The molecule has 0 unspecified atom stereocenters. The first-order valence-electron chi connectivity index (χ1n) is 8.90. The van der Waals surface area contributed by atoms with Crippen LogP contribution >= 0.6 is 27.9 Å². The summed E-state index contributed by atoms with van der Waals surface area (Å²) in [6.07, 6.45) is 13.2. The summed E-state index contributed by atoms with van der Waals surface area (Å²) in [7, 11) is 4.07. The minimum Gasteiger partial charge on any atom is -0.340 e. The zero-order valence-corrected chi connectivity index (χ0v) is 18.0. The van der Waals surface area contributed by atoms with Crippen LogP contribution in [0, 0.1) is 0 Å². The third-order valence-corrected chi connectivity index (χ3v) is 5.53. The van der Waals surface area contributed by atoms with Crippen molar-refractivity contribution in [2.24, 2.45) is 0 Å². The van der Waals surface area contributed by atoms with Gasteiger partial charge in [0.1, 0.15) is 5.82 Å². The molecule has 3 aromatic rings. The summed E-state index contributed by atoms with van der Waals surface area (Å²) in [6.45, 7) is 0. The zero-order valence-electron chi connectivity index (χ0n) is 15.6. The Balaban J connectivity index is 1.71. The van der Waals surface area contributed by atoms with Crippen molar-refractivity contribution in [3.63, 3.8) is 0 Å². The van der Waals surface area contributed by atoms with E-state index in [1.54, 1.807) is 18.1 Å². The van der Waals surface area contributed by atoms with E-state index in [2.05, 4.69) is 85.3 Å². The van der Waals surface area contributed by atoms with Crippen molar-refractivity contribution in [1.82, 2.24) is 18.9 Å². The number of rotatable bonds is 5. The lowest BCUT2D eigenvalue weighted by atomic mass is 10.1. The Morgan fingerprint density at radius 2 is 2.00 bits per heavy atom. The number of fused-ring (bicyclic) bond motifs is 1. The standard InChI is InChI=1S/C21H20BrN5S/c1-26(2)28-17-11-9-16(10-12-17)24-20-13-19(15-7-5-3-4-6-8-15)25-21-18(22)14-23-27(20)21/h3,5-14,24H,4H2,1-2H3. The van der Waals surface area contributed by atoms with Crippen molar-refractivity contribution in [3.8, 4) is 0 Å². The molecule has 0 radical (unpaired) electrons. The molecule has 0 bridgehead atoms.